The maximum absolute atomic E-state index is 13.8. The van der Waals surface area contributed by atoms with Gasteiger partial charge in [0.1, 0.15) is 0 Å². The first-order valence-corrected chi connectivity index (χ1v) is 10.1. The Morgan fingerprint density at radius 3 is 2.66 bits per heavy atom. The van der Waals surface area contributed by atoms with E-state index in [1.165, 1.54) is 10.7 Å². The fraction of sp³-hybridized carbons (Fsp3) is 0.238. The predicted octanol–water partition coefficient (Wildman–Crippen LogP) is 3.36. The Bertz CT molecular complexity index is 1250. The molecule has 8 nitrogen and oxygen atoms in total. The topological polar surface area (TPSA) is 83.3 Å². The Kier molecular flexibility index (Phi) is 5.10. The number of aromatic nitrogens is 5. The molecular weight excluding hydrogens is 421 g/mol. The molecule has 4 heterocycles. The summed E-state index contributed by atoms with van der Waals surface area (Å²) >= 11 is 0. The summed E-state index contributed by atoms with van der Waals surface area (Å²) in [6, 6.07) is 9.57. The lowest BCUT2D eigenvalue weighted by molar-refractivity contribution is -0.137. The maximum atomic E-state index is 13.8. The van der Waals surface area contributed by atoms with Crippen LogP contribution in [-0.2, 0) is 6.18 Å². The molecular formula is C21H19F3N8. The zero-order valence-electron chi connectivity index (χ0n) is 16.8. The van der Waals surface area contributed by atoms with Crippen LogP contribution in [0.3, 0.4) is 0 Å². The van der Waals surface area contributed by atoms with Gasteiger partial charge in [0.15, 0.2) is 0 Å². The number of nitrogens with zero attached hydrogens (tertiary/aromatic N) is 6. The third-order valence-electron chi connectivity index (χ3n) is 5.25. The van der Waals surface area contributed by atoms with Crippen LogP contribution in [0.5, 0.6) is 0 Å². The molecule has 0 bridgehead atoms. The minimum atomic E-state index is -4.48. The average molecular weight is 440 g/mol. The van der Waals surface area contributed by atoms with Crippen molar-refractivity contribution in [2.75, 3.05) is 36.4 Å². The van der Waals surface area contributed by atoms with E-state index in [-0.39, 0.29) is 17.3 Å². The van der Waals surface area contributed by atoms with Crippen LogP contribution in [0.1, 0.15) is 5.56 Å². The van der Waals surface area contributed by atoms with Gasteiger partial charge < -0.3 is 15.5 Å². The second-order valence-corrected chi connectivity index (χ2v) is 7.31. The average Bonchev–Trinajstić information content (AvgIpc) is 3.24. The zero-order valence-corrected chi connectivity index (χ0v) is 16.8. The first-order valence-electron chi connectivity index (χ1n) is 10.1. The van der Waals surface area contributed by atoms with Crippen molar-refractivity contribution in [1.29, 1.82) is 0 Å². The van der Waals surface area contributed by atoms with E-state index >= 15 is 0 Å². The number of alkyl halides is 3. The monoisotopic (exact) mass is 440 g/mol. The number of hydrogen-bond donors (Lipinski definition) is 2. The van der Waals surface area contributed by atoms with Gasteiger partial charge in [0, 0.05) is 55.5 Å². The molecule has 1 aliphatic rings. The lowest BCUT2D eigenvalue weighted by Gasteiger charge is -2.31. The van der Waals surface area contributed by atoms with Gasteiger partial charge in [0.25, 0.3) is 0 Å². The Labute approximate surface area is 181 Å². The minimum Gasteiger partial charge on any atom is -0.368 e. The molecule has 1 aliphatic heterocycles. The number of nitrogens with one attached hydrogen (secondary N) is 2. The van der Waals surface area contributed by atoms with Crippen molar-refractivity contribution in [1.82, 2.24) is 30.1 Å². The standard InChI is InChI=1S/C21H19F3N8/c22-21(23,24)16-12-14(3-4-19(16)31-10-8-25-9-11-31)29-20-26-7-5-17(30-20)15-13-28-32-18(15)2-1-6-27-32/h1-7,12-13,25H,8-11H2,(H,26,29,30). The van der Waals surface area contributed by atoms with Crippen molar-refractivity contribution in [3.05, 3.63) is 60.6 Å². The Balaban J connectivity index is 1.46. The van der Waals surface area contributed by atoms with Gasteiger partial charge in [-0.05, 0) is 36.4 Å². The first kappa shape index (κ1) is 20.2. The quantitative estimate of drug-likeness (QED) is 0.504. The SMILES string of the molecule is FC(F)(F)c1cc(Nc2nccc(-c3cnn4ncccc34)n2)ccc1N1CCNCC1. The van der Waals surface area contributed by atoms with Crippen LogP contribution in [0.4, 0.5) is 30.5 Å². The van der Waals surface area contributed by atoms with Crippen molar-refractivity contribution in [3.63, 3.8) is 0 Å². The van der Waals surface area contributed by atoms with E-state index in [9.17, 15) is 13.2 Å². The lowest BCUT2D eigenvalue weighted by Crippen LogP contribution is -2.44. The summed E-state index contributed by atoms with van der Waals surface area (Å²) in [4.78, 5) is 10.4. The van der Waals surface area contributed by atoms with Gasteiger partial charge in [-0.15, -0.1) is 0 Å². The van der Waals surface area contributed by atoms with Crippen molar-refractivity contribution >= 4 is 22.8 Å². The molecule has 164 valence electrons. The smallest absolute Gasteiger partial charge is 0.368 e. The fourth-order valence-electron chi connectivity index (χ4n) is 3.75. The number of fused-ring (bicyclic) bond motifs is 1. The van der Waals surface area contributed by atoms with Crippen LogP contribution in [0.15, 0.2) is 55.0 Å². The molecule has 3 aromatic heterocycles. The summed E-state index contributed by atoms with van der Waals surface area (Å²) in [6.45, 7) is 2.35. The van der Waals surface area contributed by atoms with Gasteiger partial charge in [-0.25, -0.2) is 9.97 Å². The molecule has 0 amide bonds. The molecule has 0 unspecified atom stereocenters. The fourth-order valence-corrected chi connectivity index (χ4v) is 3.75. The number of benzene rings is 1. The van der Waals surface area contributed by atoms with Crippen molar-refractivity contribution in [2.45, 2.75) is 6.18 Å². The van der Waals surface area contributed by atoms with Gasteiger partial charge in [-0.2, -0.15) is 28.0 Å². The van der Waals surface area contributed by atoms with Crippen LogP contribution in [0.2, 0.25) is 0 Å². The van der Waals surface area contributed by atoms with Crippen LogP contribution in [0, 0.1) is 0 Å². The van der Waals surface area contributed by atoms with Crippen LogP contribution < -0.4 is 15.5 Å². The Morgan fingerprint density at radius 2 is 1.84 bits per heavy atom. The van der Waals surface area contributed by atoms with Gasteiger partial charge in [-0.3, -0.25) is 0 Å². The van der Waals surface area contributed by atoms with E-state index < -0.39 is 11.7 Å². The zero-order chi connectivity index (χ0) is 22.1. The minimum absolute atomic E-state index is 0.179. The summed E-state index contributed by atoms with van der Waals surface area (Å²) < 4.78 is 42.9. The van der Waals surface area contributed by atoms with Crippen LogP contribution in [0.25, 0.3) is 16.8 Å². The number of hydrogen-bond acceptors (Lipinski definition) is 7. The second kappa shape index (κ2) is 8.08. The highest BCUT2D eigenvalue weighted by atomic mass is 19.4. The third kappa shape index (κ3) is 3.94. The molecule has 5 rings (SSSR count). The molecule has 2 N–H and O–H groups in total. The molecule has 0 aliphatic carbocycles. The summed E-state index contributed by atoms with van der Waals surface area (Å²) in [5.41, 5.74) is 1.84. The molecule has 1 fully saturated rings. The van der Waals surface area contributed by atoms with Gasteiger partial charge in [0.05, 0.1) is 23.0 Å². The molecule has 1 saturated heterocycles. The lowest BCUT2D eigenvalue weighted by atomic mass is 10.1. The van der Waals surface area contributed by atoms with E-state index in [0.29, 0.717) is 31.9 Å². The van der Waals surface area contributed by atoms with E-state index in [1.807, 2.05) is 6.07 Å². The molecule has 1 aromatic carbocycles. The summed E-state index contributed by atoms with van der Waals surface area (Å²) in [7, 11) is 0. The highest BCUT2D eigenvalue weighted by Crippen LogP contribution is 2.39. The van der Waals surface area contributed by atoms with E-state index in [1.54, 1.807) is 41.7 Å². The van der Waals surface area contributed by atoms with Crippen molar-refractivity contribution in [2.24, 2.45) is 0 Å². The Hall–Kier alpha value is -3.73. The normalized spacial score (nSPS) is 14.7. The number of rotatable bonds is 4. The molecule has 0 saturated carbocycles. The molecule has 0 spiro atoms. The maximum Gasteiger partial charge on any atom is 0.418 e. The summed E-state index contributed by atoms with van der Waals surface area (Å²) in [5, 5.41) is 14.4. The molecule has 4 aromatic rings. The molecule has 0 atom stereocenters. The molecule has 32 heavy (non-hydrogen) atoms. The number of piperazine rings is 1. The van der Waals surface area contributed by atoms with Crippen molar-refractivity contribution < 1.29 is 13.2 Å². The van der Waals surface area contributed by atoms with E-state index in [2.05, 4.69) is 30.8 Å². The summed E-state index contributed by atoms with van der Waals surface area (Å²) in [5.74, 6) is 0.189. The van der Waals surface area contributed by atoms with Gasteiger partial charge in [0.2, 0.25) is 5.95 Å². The third-order valence-corrected chi connectivity index (χ3v) is 5.25. The van der Waals surface area contributed by atoms with Crippen molar-refractivity contribution in [3.8, 4) is 11.3 Å². The van der Waals surface area contributed by atoms with E-state index in [0.717, 1.165) is 17.1 Å². The van der Waals surface area contributed by atoms with Crippen LogP contribution in [-0.4, -0.2) is 51.0 Å². The highest BCUT2D eigenvalue weighted by molar-refractivity contribution is 5.77. The van der Waals surface area contributed by atoms with Gasteiger partial charge >= 0.3 is 6.18 Å². The highest BCUT2D eigenvalue weighted by Gasteiger charge is 2.35. The Morgan fingerprint density at radius 1 is 1.00 bits per heavy atom. The second-order valence-electron chi connectivity index (χ2n) is 7.31. The molecule has 0 radical (unpaired) electrons. The number of halogens is 3. The number of anilines is 3. The predicted molar refractivity (Wildman–Crippen MR) is 114 cm³/mol. The first-order chi connectivity index (χ1) is 15.5. The molecule has 11 heteroatoms. The summed E-state index contributed by atoms with van der Waals surface area (Å²) in [6.07, 6.45) is 0.326. The van der Waals surface area contributed by atoms with E-state index in [4.69, 9.17) is 0 Å². The largest absolute Gasteiger partial charge is 0.418 e. The van der Waals surface area contributed by atoms with Crippen LogP contribution >= 0.6 is 0 Å². The van der Waals surface area contributed by atoms with Gasteiger partial charge in [-0.1, -0.05) is 0 Å².